The minimum absolute atomic E-state index is 0.0925. The lowest BCUT2D eigenvalue weighted by Crippen LogP contribution is -2.12. The molecule has 1 N–H and O–H groups in total. The molecule has 0 aromatic heterocycles. The predicted molar refractivity (Wildman–Crippen MR) is 76.3 cm³/mol. The fraction of sp³-hybridized carbons (Fsp3) is 0.250. The van der Waals surface area contributed by atoms with Crippen molar-refractivity contribution in [3.05, 3.63) is 59.2 Å². The molecule has 0 atom stereocenters. The van der Waals surface area contributed by atoms with Gasteiger partial charge in [-0.3, -0.25) is 0 Å². The molecule has 0 amide bonds. The van der Waals surface area contributed by atoms with Crippen LogP contribution in [0.3, 0.4) is 0 Å². The van der Waals surface area contributed by atoms with Crippen LogP contribution in [0.2, 0.25) is 0 Å². The highest BCUT2D eigenvalue weighted by atomic mass is 16.3. The molecule has 0 unspecified atom stereocenters. The molecule has 0 aliphatic carbocycles. The first-order valence-corrected chi connectivity index (χ1v) is 6.13. The normalized spacial score (nSPS) is 10.4. The first-order chi connectivity index (χ1) is 8.63. The maximum absolute atomic E-state index is 9.14. The number of aliphatic hydroxyl groups excluding tert-OH is 1. The quantitative estimate of drug-likeness (QED) is 0.888. The molecule has 2 aromatic rings. The van der Waals surface area contributed by atoms with Gasteiger partial charge in [0.2, 0.25) is 0 Å². The number of rotatable bonds is 3. The standard InChI is InChI=1S/C16H19NO/c1-12-6-4-5-7-15(12)17(3)16-9-8-14(11-18)10-13(16)2/h4-10,18H,11H2,1-3H3. The average Bonchev–Trinajstić information content (AvgIpc) is 2.38. The fourth-order valence-electron chi connectivity index (χ4n) is 2.26. The minimum atomic E-state index is 0.0925. The van der Waals surface area contributed by atoms with Crippen LogP contribution >= 0.6 is 0 Å². The molecule has 2 rings (SSSR count). The molecule has 2 aromatic carbocycles. The van der Waals surface area contributed by atoms with Gasteiger partial charge in [-0.1, -0.05) is 30.3 Å². The molecule has 0 aliphatic rings. The summed E-state index contributed by atoms with van der Waals surface area (Å²) in [5.74, 6) is 0. The summed E-state index contributed by atoms with van der Waals surface area (Å²) in [7, 11) is 2.07. The van der Waals surface area contributed by atoms with E-state index in [2.05, 4.69) is 50.1 Å². The summed E-state index contributed by atoms with van der Waals surface area (Å²) in [4.78, 5) is 2.19. The van der Waals surface area contributed by atoms with Crippen LogP contribution in [-0.2, 0) is 6.61 Å². The number of nitrogens with zero attached hydrogens (tertiary/aromatic N) is 1. The number of aryl methyl sites for hydroxylation is 2. The van der Waals surface area contributed by atoms with Crippen molar-refractivity contribution in [2.24, 2.45) is 0 Å². The Hall–Kier alpha value is -1.80. The van der Waals surface area contributed by atoms with E-state index in [1.54, 1.807) is 0 Å². The molecular formula is C16H19NO. The smallest absolute Gasteiger partial charge is 0.0681 e. The largest absolute Gasteiger partial charge is 0.392 e. The van der Waals surface area contributed by atoms with Gasteiger partial charge in [-0.25, -0.2) is 0 Å². The topological polar surface area (TPSA) is 23.5 Å². The molecule has 18 heavy (non-hydrogen) atoms. The maximum Gasteiger partial charge on any atom is 0.0681 e. The van der Waals surface area contributed by atoms with Crippen LogP contribution in [0.5, 0.6) is 0 Å². The van der Waals surface area contributed by atoms with E-state index < -0.39 is 0 Å². The monoisotopic (exact) mass is 241 g/mol. The van der Waals surface area contributed by atoms with E-state index in [0.717, 1.165) is 5.56 Å². The number of aliphatic hydroxyl groups is 1. The van der Waals surface area contributed by atoms with Gasteiger partial charge in [-0.15, -0.1) is 0 Å². The Labute approximate surface area is 109 Å². The third-order valence-corrected chi connectivity index (χ3v) is 3.28. The Morgan fingerprint density at radius 2 is 1.61 bits per heavy atom. The van der Waals surface area contributed by atoms with Gasteiger partial charge in [-0.05, 0) is 42.7 Å². The summed E-state index contributed by atoms with van der Waals surface area (Å²) in [6.07, 6.45) is 0. The lowest BCUT2D eigenvalue weighted by molar-refractivity contribution is 0.282. The Morgan fingerprint density at radius 1 is 0.944 bits per heavy atom. The lowest BCUT2D eigenvalue weighted by Gasteiger charge is -2.23. The predicted octanol–water partition coefficient (Wildman–Crippen LogP) is 3.56. The highest BCUT2D eigenvalue weighted by molar-refractivity contribution is 5.68. The van der Waals surface area contributed by atoms with Gasteiger partial charge in [-0.2, -0.15) is 0 Å². The zero-order valence-corrected chi connectivity index (χ0v) is 11.1. The number of benzene rings is 2. The molecule has 0 heterocycles. The van der Waals surface area contributed by atoms with Gasteiger partial charge in [0, 0.05) is 18.4 Å². The summed E-state index contributed by atoms with van der Waals surface area (Å²) < 4.78 is 0. The first kappa shape index (κ1) is 12.7. The van der Waals surface area contributed by atoms with Crippen molar-refractivity contribution in [3.63, 3.8) is 0 Å². The van der Waals surface area contributed by atoms with Crippen molar-refractivity contribution in [1.29, 1.82) is 0 Å². The van der Waals surface area contributed by atoms with Crippen LogP contribution in [0.25, 0.3) is 0 Å². The van der Waals surface area contributed by atoms with Crippen molar-refractivity contribution in [2.75, 3.05) is 11.9 Å². The summed E-state index contributed by atoms with van der Waals surface area (Å²) in [6.45, 7) is 4.28. The van der Waals surface area contributed by atoms with Gasteiger partial charge >= 0.3 is 0 Å². The van der Waals surface area contributed by atoms with E-state index in [9.17, 15) is 0 Å². The highest BCUT2D eigenvalue weighted by Crippen LogP contribution is 2.29. The van der Waals surface area contributed by atoms with Crippen LogP contribution in [-0.4, -0.2) is 12.2 Å². The molecule has 0 fully saturated rings. The van der Waals surface area contributed by atoms with Gasteiger partial charge in [0.05, 0.1) is 6.61 Å². The second-order valence-electron chi connectivity index (χ2n) is 4.62. The number of para-hydroxylation sites is 1. The van der Waals surface area contributed by atoms with Crippen molar-refractivity contribution < 1.29 is 5.11 Å². The van der Waals surface area contributed by atoms with Crippen molar-refractivity contribution >= 4 is 11.4 Å². The Bertz CT molecular complexity index is 549. The second kappa shape index (κ2) is 5.23. The molecule has 0 saturated carbocycles. The maximum atomic E-state index is 9.14. The van der Waals surface area contributed by atoms with E-state index in [4.69, 9.17) is 5.11 Å². The fourth-order valence-corrected chi connectivity index (χ4v) is 2.26. The highest BCUT2D eigenvalue weighted by Gasteiger charge is 2.09. The summed E-state index contributed by atoms with van der Waals surface area (Å²) >= 11 is 0. The van der Waals surface area contributed by atoms with Crippen LogP contribution in [0.1, 0.15) is 16.7 Å². The SMILES string of the molecule is Cc1ccccc1N(C)c1ccc(CO)cc1C. The lowest BCUT2D eigenvalue weighted by atomic mass is 10.1. The van der Waals surface area contributed by atoms with Gasteiger partial charge in [0.25, 0.3) is 0 Å². The van der Waals surface area contributed by atoms with Crippen LogP contribution < -0.4 is 4.90 Å². The van der Waals surface area contributed by atoms with E-state index in [1.165, 1.54) is 22.5 Å². The summed E-state index contributed by atoms with van der Waals surface area (Å²) in [6, 6.07) is 14.4. The van der Waals surface area contributed by atoms with Gasteiger partial charge in [0.15, 0.2) is 0 Å². The Morgan fingerprint density at radius 3 is 2.22 bits per heavy atom. The molecule has 0 bridgehead atoms. The minimum Gasteiger partial charge on any atom is -0.392 e. The van der Waals surface area contributed by atoms with E-state index in [0.29, 0.717) is 0 Å². The molecule has 0 aliphatic heterocycles. The van der Waals surface area contributed by atoms with Crippen molar-refractivity contribution in [2.45, 2.75) is 20.5 Å². The molecule has 94 valence electrons. The third kappa shape index (κ3) is 2.39. The molecule has 0 saturated heterocycles. The number of hydrogen-bond acceptors (Lipinski definition) is 2. The van der Waals surface area contributed by atoms with Gasteiger partial charge in [0.1, 0.15) is 0 Å². The zero-order chi connectivity index (χ0) is 13.1. The van der Waals surface area contributed by atoms with Gasteiger partial charge < -0.3 is 10.0 Å². The Kier molecular flexibility index (Phi) is 3.68. The van der Waals surface area contributed by atoms with Crippen LogP contribution in [0.4, 0.5) is 11.4 Å². The summed E-state index contributed by atoms with van der Waals surface area (Å²) in [5.41, 5.74) is 5.76. The Balaban J connectivity index is 2.40. The third-order valence-electron chi connectivity index (χ3n) is 3.28. The number of hydrogen-bond donors (Lipinski definition) is 1. The molecule has 0 spiro atoms. The van der Waals surface area contributed by atoms with Crippen LogP contribution in [0, 0.1) is 13.8 Å². The average molecular weight is 241 g/mol. The molecule has 0 radical (unpaired) electrons. The second-order valence-corrected chi connectivity index (χ2v) is 4.62. The van der Waals surface area contributed by atoms with Crippen molar-refractivity contribution in [3.8, 4) is 0 Å². The summed E-state index contributed by atoms with van der Waals surface area (Å²) in [5, 5.41) is 9.14. The van der Waals surface area contributed by atoms with E-state index >= 15 is 0 Å². The molecule has 2 heteroatoms. The molecular weight excluding hydrogens is 222 g/mol. The van der Waals surface area contributed by atoms with E-state index in [1.807, 2.05) is 18.2 Å². The number of anilines is 2. The first-order valence-electron chi connectivity index (χ1n) is 6.13. The zero-order valence-electron chi connectivity index (χ0n) is 11.1. The van der Waals surface area contributed by atoms with E-state index in [-0.39, 0.29) is 6.61 Å². The molecule has 2 nitrogen and oxygen atoms in total. The van der Waals surface area contributed by atoms with Crippen molar-refractivity contribution in [1.82, 2.24) is 0 Å². The van der Waals surface area contributed by atoms with Crippen LogP contribution in [0.15, 0.2) is 42.5 Å².